The smallest absolute Gasteiger partial charge is 0.291 e. The van der Waals surface area contributed by atoms with E-state index in [1.165, 1.54) is 34.8 Å². The number of anilines is 1. The molecular weight excluding hydrogens is 472 g/mol. The van der Waals surface area contributed by atoms with Crippen LogP contribution in [0.4, 0.5) is 5.95 Å². The predicted molar refractivity (Wildman–Crippen MR) is 122 cm³/mol. The number of aryl methyl sites for hydroxylation is 1. The number of nitrogen functional groups attached to an aromatic ring is 1. The number of thiol groups is 1. The molecule has 0 unspecified atom stereocenters. The molecule has 0 aliphatic heterocycles. The summed E-state index contributed by atoms with van der Waals surface area (Å²) in [6, 6.07) is 6.49. The van der Waals surface area contributed by atoms with E-state index >= 15 is 0 Å². The number of sulfonamides is 1. The zero-order valence-corrected chi connectivity index (χ0v) is 18.8. The average molecular weight is 485 g/mol. The van der Waals surface area contributed by atoms with Gasteiger partial charge in [0.25, 0.3) is 15.6 Å². The van der Waals surface area contributed by atoms with Crippen LogP contribution in [-0.4, -0.2) is 18.1 Å². The van der Waals surface area contributed by atoms with E-state index in [-0.39, 0.29) is 15.7 Å². The van der Waals surface area contributed by atoms with Crippen molar-refractivity contribution in [2.75, 3.05) is 10.6 Å². The molecule has 0 saturated heterocycles. The number of halogens is 1. The Balaban J connectivity index is 1.81. The summed E-state index contributed by atoms with van der Waals surface area (Å²) in [5.74, 6) is 5.54. The molecule has 150 valence electrons. The highest BCUT2D eigenvalue weighted by Crippen LogP contribution is 2.33. The molecule has 3 aromatic heterocycles. The second-order valence-electron chi connectivity index (χ2n) is 6.12. The normalized spacial score (nSPS) is 11.8. The molecule has 1 aromatic carbocycles. The third-order valence-corrected chi connectivity index (χ3v) is 8.28. The van der Waals surface area contributed by atoms with Gasteiger partial charge in [-0.05, 0) is 47.5 Å². The lowest BCUT2D eigenvalue weighted by Gasteiger charge is -2.13. The fourth-order valence-corrected chi connectivity index (χ4v) is 6.36. The summed E-state index contributed by atoms with van der Waals surface area (Å²) in [6.45, 7) is 1.68. The fraction of sp³-hybridized carbons (Fsp3) is 0.0588. The fourth-order valence-electron chi connectivity index (χ4n) is 2.65. The van der Waals surface area contributed by atoms with Gasteiger partial charge in [-0.2, -0.15) is 16.0 Å². The van der Waals surface area contributed by atoms with Crippen molar-refractivity contribution in [3.8, 4) is 10.4 Å². The molecule has 0 aliphatic rings. The lowest BCUT2D eigenvalue weighted by molar-refractivity contribution is 0.598. The summed E-state index contributed by atoms with van der Waals surface area (Å²) < 4.78 is 29.0. The van der Waals surface area contributed by atoms with Crippen molar-refractivity contribution < 1.29 is 8.42 Å². The molecule has 0 fully saturated rings. The number of aromatic nitrogens is 2. The number of thiophene rings is 2. The molecular formula is C17H13ClN4O3S4. The lowest BCUT2D eigenvalue weighted by Crippen LogP contribution is -2.32. The summed E-state index contributed by atoms with van der Waals surface area (Å²) in [4.78, 5) is 17.8. The molecule has 0 radical (unpaired) electrons. The van der Waals surface area contributed by atoms with Crippen molar-refractivity contribution in [3.05, 3.63) is 56.0 Å². The first-order valence-electron chi connectivity index (χ1n) is 8.03. The van der Waals surface area contributed by atoms with Crippen molar-refractivity contribution in [1.82, 2.24) is 9.66 Å². The molecule has 0 bridgehead atoms. The molecule has 0 aliphatic carbocycles. The molecule has 29 heavy (non-hydrogen) atoms. The summed E-state index contributed by atoms with van der Waals surface area (Å²) in [5, 5.41) is 4.27. The molecule has 12 heteroatoms. The van der Waals surface area contributed by atoms with Gasteiger partial charge < -0.3 is 5.84 Å². The van der Waals surface area contributed by atoms with Crippen LogP contribution in [0, 0.1) is 6.92 Å². The zero-order chi connectivity index (χ0) is 20.9. The number of nitrogens with two attached hydrogens (primary N) is 1. The van der Waals surface area contributed by atoms with Crippen LogP contribution in [0.25, 0.3) is 20.7 Å². The highest BCUT2D eigenvalue weighted by molar-refractivity contribution is 7.93. The number of benzene rings is 1. The Hall–Kier alpha value is -2.05. The monoisotopic (exact) mass is 484 g/mol. The first-order valence-corrected chi connectivity index (χ1v) is 12.1. The van der Waals surface area contributed by atoms with E-state index < -0.39 is 15.6 Å². The van der Waals surface area contributed by atoms with Gasteiger partial charge in [0, 0.05) is 20.4 Å². The van der Waals surface area contributed by atoms with Crippen LogP contribution < -0.4 is 16.1 Å². The van der Waals surface area contributed by atoms with Crippen LogP contribution in [0.3, 0.4) is 0 Å². The molecule has 0 saturated carbocycles. The van der Waals surface area contributed by atoms with Crippen molar-refractivity contribution in [1.29, 1.82) is 0 Å². The molecule has 0 atom stereocenters. The SMILES string of the molecule is Cc1cc(S(=O)(=O)Nc2nc3cc(-c4ccsc4)sc3c(=O)n2N)c(S)cc1Cl. The molecule has 0 spiro atoms. The van der Waals surface area contributed by atoms with Crippen molar-refractivity contribution in [3.63, 3.8) is 0 Å². The summed E-state index contributed by atoms with van der Waals surface area (Å²) in [7, 11) is -4.11. The maximum atomic E-state index is 12.9. The quantitative estimate of drug-likeness (QED) is 0.300. The van der Waals surface area contributed by atoms with Crippen LogP contribution >= 0.6 is 46.9 Å². The number of hydrogen-bond donors (Lipinski definition) is 3. The minimum Gasteiger partial charge on any atom is -0.333 e. The van der Waals surface area contributed by atoms with Gasteiger partial charge in [0.2, 0.25) is 5.95 Å². The van der Waals surface area contributed by atoms with E-state index in [0.29, 0.717) is 25.5 Å². The molecule has 3 heterocycles. The second-order valence-corrected chi connectivity index (χ2v) is 10.5. The Kier molecular flexibility index (Phi) is 5.11. The number of hydrogen-bond acceptors (Lipinski definition) is 8. The largest absolute Gasteiger partial charge is 0.333 e. The Morgan fingerprint density at radius 2 is 2.07 bits per heavy atom. The maximum Gasteiger partial charge on any atom is 0.291 e. The number of nitrogens with one attached hydrogen (secondary N) is 1. The van der Waals surface area contributed by atoms with Crippen LogP contribution in [0.5, 0.6) is 0 Å². The van der Waals surface area contributed by atoms with Gasteiger partial charge in [-0.15, -0.1) is 24.0 Å². The predicted octanol–water partition coefficient (Wildman–Crippen LogP) is 3.95. The highest BCUT2D eigenvalue weighted by Gasteiger charge is 2.22. The summed E-state index contributed by atoms with van der Waals surface area (Å²) in [5.41, 5.74) is 1.34. The van der Waals surface area contributed by atoms with E-state index in [1.807, 2.05) is 16.8 Å². The van der Waals surface area contributed by atoms with Gasteiger partial charge in [0.05, 0.1) is 5.52 Å². The van der Waals surface area contributed by atoms with Crippen LogP contribution in [0.2, 0.25) is 5.02 Å². The third-order valence-electron chi connectivity index (χ3n) is 4.14. The van der Waals surface area contributed by atoms with Crippen molar-refractivity contribution in [2.24, 2.45) is 0 Å². The van der Waals surface area contributed by atoms with Crippen LogP contribution in [-0.2, 0) is 10.0 Å². The molecule has 7 nitrogen and oxygen atoms in total. The Morgan fingerprint density at radius 1 is 1.31 bits per heavy atom. The first kappa shape index (κ1) is 20.2. The number of rotatable bonds is 4. The van der Waals surface area contributed by atoms with E-state index in [1.54, 1.807) is 13.0 Å². The lowest BCUT2D eigenvalue weighted by atomic mass is 10.2. The summed E-state index contributed by atoms with van der Waals surface area (Å²) in [6.07, 6.45) is 0. The van der Waals surface area contributed by atoms with Gasteiger partial charge in [-0.25, -0.2) is 18.1 Å². The third kappa shape index (κ3) is 3.64. The van der Waals surface area contributed by atoms with E-state index in [4.69, 9.17) is 17.4 Å². The first-order chi connectivity index (χ1) is 13.7. The Labute approximate surface area is 184 Å². The van der Waals surface area contributed by atoms with Gasteiger partial charge in [0.1, 0.15) is 9.60 Å². The molecule has 4 rings (SSSR count). The summed E-state index contributed by atoms with van der Waals surface area (Å²) >= 11 is 13.0. The van der Waals surface area contributed by atoms with E-state index in [2.05, 4.69) is 22.3 Å². The number of nitrogens with zero attached hydrogens (tertiary/aromatic N) is 2. The van der Waals surface area contributed by atoms with Crippen LogP contribution in [0.15, 0.2) is 49.6 Å². The van der Waals surface area contributed by atoms with Gasteiger partial charge in [0.15, 0.2) is 0 Å². The highest BCUT2D eigenvalue weighted by atomic mass is 35.5. The standard InChI is InChI=1S/C17H13ClN4O3S4/c1-8-4-14(12(26)5-10(8)18)29(24,25)21-17-20-11-6-13(9-2-3-27-7-9)28-15(11)16(23)22(17)19/h2-7,26H,19H2,1H3,(H,20,21). The number of fused-ring (bicyclic) bond motifs is 1. The molecule has 3 N–H and O–H groups in total. The maximum absolute atomic E-state index is 12.9. The van der Waals surface area contributed by atoms with Crippen molar-refractivity contribution in [2.45, 2.75) is 16.7 Å². The average Bonchev–Trinajstić information content (AvgIpc) is 3.31. The van der Waals surface area contributed by atoms with Gasteiger partial charge in [-0.1, -0.05) is 11.6 Å². The minimum absolute atomic E-state index is 0.0960. The second kappa shape index (κ2) is 7.33. The minimum atomic E-state index is -4.11. The Morgan fingerprint density at radius 3 is 2.76 bits per heavy atom. The zero-order valence-electron chi connectivity index (χ0n) is 14.7. The molecule has 4 aromatic rings. The topological polar surface area (TPSA) is 107 Å². The van der Waals surface area contributed by atoms with Crippen LogP contribution in [0.1, 0.15) is 5.56 Å². The molecule has 0 amide bonds. The van der Waals surface area contributed by atoms with Gasteiger partial charge >= 0.3 is 0 Å². The van der Waals surface area contributed by atoms with Crippen molar-refractivity contribution >= 4 is 73.1 Å². The van der Waals surface area contributed by atoms with Gasteiger partial charge in [-0.3, -0.25) is 4.79 Å². The van der Waals surface area contributed by atoms with E-state index in [0.717, 1.165) is 10.4 Å². The Bertz CT molecular complexity index is 1410. The van der Waals surface area contributed by atoms with E-state index in [9.17, 15) is 13.2 Å².